The van der Waals surface area contributed by atoms with Gasteiger partial charge in [-0.05, 0) is 102 Å². The van der Waals surface area contributed by atoms with Crippen molar-refractivity contribution in [1.29, 1.82) is 0 Å². The third-order valence-corrected chi connectivity index (χ3v) is 14.2. The van der Waals surface area contributed by atoms with E-state index in [0.717, 1.165) is 39.5 Å². The standard InChI is InChI=1S/2C9H21P.C7H8O3S.Rh/c2*1-7(2)10(8(3)4)9(5)6;1-6-2-4-7(5-3-6)11(8,9)10;/h2*7-9H,1-6H3;2-5H,1H3,(H,8,9,10);/p+1. The number of hydrogen-bond donors (Lipinski definition) is 0. The fraction of sp³-hybridized carbons (Fsp3) is 0.760. The molecule has 32 heavy (non-hydrogen) atoms. The number of hydrogen-bond acceptors (Lipinski definition) is 3. The van der Waals surface area contributed by atoms with Crippen LogP contribution in [0.2, 0.25) is 0 Å². The number of aryl methyl sites for hydroxylation is 1. The molecule has 0 unspecified atom stereocenters. The molecular formula is C25H51O3P2RhS+. The molecule has 0 aliphatic heterocycles. The molecule has 1 radical (unpaired) electrons. The van der Waals surface area contributed by atoms with Crippen molar-refractivity contribution in [3.05, 3.63) is 29.8 Å². The van der Waals surface area contributed by atoms with Gasteiger partial charge in [0.15, 0.2) is 0 Å². The third kappa shape index (κ3) is 16.3. The van der Waals surface area contributed by atoms with E-state index in [4.69, 9.17) is 0 Å². The molecule has 3 nitrogen and oxygen atoms in total. The second-order valence-corrected chi connectivity index (χ2v) is 20.5. The molecule has 0 heterocycles. The average Bonchev–Trinajstić information content (AvgIpc) is 2.52. The number of benzene rings is 1. The van der Waals surface area contributed by atoms with Crippen LogP contribution in [0.3, 0.4) is 0 Å². The van der Waals surface area contributed by atoms with E-state index in [0.29, 0.717) is 0 Å². The van der Waals surface area contributed by atoms with Crippen LogP contribution in [0, 0.1) is 6.92 Å². The minimum Gasteiger partial charge on any atom is -0.744 e. The summed E-state index contributed by atoms with van der Waals surface area (Å²) in [7, 11) is -4.46. The Morgan fingerprint density at radius 2 is 0.812 bits per heavy atom. The predicted molar refractivity (Wildman–Crippen MR) is 147 cm³/mol. The van der Waals surface area contributed by atoms with Crippen LogP contribution in [0.25, 0.3) is 0 Å². The second kappa shape index (κ2) is 18.0. The van der Waals surface area contributed by atoms with Gasteiger partial charge in [0.2, 0.25) is 0 Å². The zero-order valence-corrected chi connectivity index (χ0v) is 27.2. The Labute approximate surface area is 216 Å². The summed E-state index contributed by atoms with van der Waals surface area (Å²) in [6, 6.07) is 5.78. The first-order chi connectivity index (χ1) is 13.9. The summed E-state index contributed by atoms with van der Waals surface area (Å²) >= 11 is 0. The molecule has 0 aliphatic carbocycles. The SMILES string of the molecule is CC(C)[PH+](C(C)C)C(C)C.CC(C)[PH+](C(C)C)C(C)C.Cc1ccc(S(=O)(=O)[O-])cc1.[Rh]. The van der Waals surface area contributed by atoms with Gasteiger partial charge in [-0.25, -0.2) is 8.42 Å². The fourth-order valence-corrected chi connectivity index (χ4v) is 13.2. The summed E-state index contributed by atoms with van der Waals surface area (Å²) in [5.41, 5.74) is 6.54. The van der Waals surface area contributed by atoms with Gasteiger partial charge >= 0.3 is 0 Å². The predicted octanol–water partition coefficient (Wildman–Crippen LogP) is 7.75. The third-order valence-electron chi connectivity index (χ3n) is 5.31. The smallest absolute Gasteiger partial charge is 0.124 e. The van der Waals surface area contributed by atoms with Gasteiger partial charge in [0, 0.05) is 35.3 Å². The first-order valence-corrected chi connectivity index (χ1v) is 16.6. The first-order valence-electron chi connectivity index (χ1n) is 11.7. The van der Waals surface area contributed by atoms with E-state index in [-0.39, 0.29) is 40.2 Å². The molecule has 0 aliphatic rings. The molecule has 0 amide bonds. The monoisotopic (exact) mass is 596 g/mol. The Hall–Kier alpha value is 0.613. The Balaban J connectivity index is -0.000000389. The van der Waals surface area contributed by atoms with Crippen LogP contribution >= 0.6 is 15.8 Å². The summed E-state index contributed by atoms with van der Waals surface area (Å²) in [5, 5.41) is 0. The topological polar surface area (TPSA) is 57.2 Å². The van der Waals surface area contributed by atoms with Crippen molar-refractivity contribution in [2.45, 2.75) is 129 Å². The van der Waals surface area contributed by atoms with Gasteiger partial charge in [-0.15, -0.1) is 0 Å². The van der Waals surface area contributed by atoms with Crippen molar-refractivity contribution in [3.8, 4) is 0 Å². The minimum atomic E-state index is -4.27. The van der Waals surface area contributed by atoms with Gasteiger partial charge < -0.3 is 4.55 Å². The summed E-state index contributed by atoms with van der Waals surface area (Å²) in [4.78, 5) is -0.178. The van der Waals surface area contributed by atoms with Crippen molar-refractivity contribution in [2.75, 3.05) is 0 Å². The van der Waals surface area contributed by atoms with E-state index < -0.39 is 10.1 Å². The Morgan fingerprint density at radius 3 is 0.938 bits per heavy atom. The Kier molecular flexibility index (Phi) is 20.9. The van der Waals surface area contributed by atoms with E-state index in [1.807, 2.05) is 6.92 Å². The van der Waals surface area contributed by atoms with Crippen LogP contribution in [-0.2, 0) is 29.6 Å². The van der Waals surface area contributed by atoms with Gasteiger partial charge in [-0.3, -0.25) is 0 Å². The van der Waals surface area contributed by atoms with E-state index >= 15 is 0 Å². The molecule has 0 saturated heterocycles. The van der Waals surface area contributed by atoms with Crippen molar-refractivity contribution in [2.24, 2.45) is 0 Å². The molecule has 1 aromatic rings. The van der Waals surface area contributed by atoms with E-state index in [2.05, 4.69) is 83.1 Å². The molecular weight excluding hydrogens is 545 g/mol. The fourth-order valence-electron chi connectivity index (χ4n) is 4.70. The summed E-state index contributed by atoms with van der Waals surface area (Å²) in [6.07, 6.45) is 0. The summed E-state index contributed by atoms with van der Waals surface area (Å²) in [5.74, 6) is 0. The summed E-state index contributed by atoms with van der Waals surface area (Å²) < 4.78 is 31.2. The molecule has 0 fully saturated rings. The molecule has 1 aromatic carbocycles. The van der Waals surface area contributed by atoms with Crippen LogP contribution in [0.15, 0.2) is 29.2 Å². The van der Waals surface area contributed by atoms with Crippen LogP contribution in [0.1, 0.15) is 88.6 Å². The average molecular weight is 597 g/mol. The van der Waals surface area contributed by atoms with Crippen LogP contribution < -0.4 is 0 Å². The maximum atomic E-state index is 10.4. The molecule has 0 aromatic heterocycles. The van der Waals surface area contributed by atoms with Crippen molar-refractivity contribution < 1.29 is 32.4 Å². The zero-order chi connectivity index (χ0) is 25.1. The number of rotatable bonds is 7. The Morgan fingerprint density at radius 1 is 0.594 bits per heavy atom. The zero-order valence-electron chi connectivity index (χ0n) is 22.7. The normalized spacial score (nSPS) is 11.8. The van der Waals surface area contributed by atoms with Crippen molar-refractivity contribution >= 4 is 26.0 Å². The van der Waals surface area contributed by atoms with E-state index in [1.165, 1.54) is 12.1 Å². The van der Waals surface area contributed by atoms with Gasteiger partial charge in [0.1, 0.15) is 10.1 Å². The molecule has 0 saturated carbocycles. The second-order valence-electron chi connectivity index (χ2n) is 10.2. The molecule has 0 atom stereocenters. The van der Waals surface area contributed by atoms with Gasteiger partial charge in [0.05, 0.1) is 38.8 Å². The molecule has 0 bridgehead atoms. The first kappa shape index (κ1) is 37.2. The Bertz CT molecular complexity index is 624. The summed E-state index contributed by atoms with van der Waals surface area (Å²) in [6.45, 7) is 30.3. The van der Waals surface area contributed by atoms with Crippen molar-refractivity contribution in [3.63, 3.8) is 0 Å². The van der Waals surface area contributed by atoms with Crippen LogP contribution in [0.5, 0.6) is 0 Å². The van der Waals surface area contributed by atoms with Crippen LogP contribution in [-0.4, -0.2) is 46.9 Å². The molecule has 193 valence electrons. The molecule has 0 spiro atoms. The molecule has 7 heteroatoms. The maximum absolute atomic E-state index is 10.4. The molecule has 1 rings (SSSR count). The minimum absolute atomic E-state index is 0. The van der Waals surface area contributed by atoms with Gasteiger partial charge in [-0.1, -0.05) is 17.7 Å². The van der Waals surface area contributed by atoms with Gasteiger partial charge in [0.25, 0.3) is 0 Å². The van der Waals surface area contributed by atoms with E-state index in [1.54, 1.807) is 12.1 Å². The maximum Gasteiger partial charge on any atom is 0.124 e. The van der Waals surface area contributed by atoms with Crippen molar-refractivity contribution in [1.82, 2.24) is 0 Å². The molecule has 0 N–H and O–H groups in total. The quantitative estimate of drug-likeness (QED) is 0.184. The van der Waals surface area contributed by atoms with E-state index in [9.17, 15) is 13.0 Å². The van der Waals surface area contributed by atoms with Crippen LogP contribution in [0.4, 0.5) is 0 Å². The van der Waals surface area contributed by atoms with Gasteiger partial charge in [-0.2, -0.15) is 0 Å². The largest absolute Gasteiger partial charge is 0.744 e.